The Morgan fingerprint density at radius 3 is 2.65 bits per heavy atom. The summed E-state index contributed by atoms with van der Waals surface area (Å²) in [5.41, 5.74) is 6.58. The molecule has 0 fully saturated rings. The van der Waals surface area contributed by atoms with Crippen molar-refractivity contribution in [1.29, 1.82) is 0 Å². The largest absolute Gasteiger partial charge is 0.342 e. The second-order valence-corrected chi connectivity index (χ2v) is 6.04. The predicted molar refractivity (Wildman–Crippen MR) is 94.2 cm³/mol. The van der Waals surface area contributed by atoms with Gasteiger partial charge in [0.2, 0.25) is 0 Å². The molecule has 2 aromatic heterocycles. The molecule has 1 N–H and O–H groups in total. The third kappa shape index (κ3) is 2.13. The lowest BCUT2D eigenvalue weighted by molar-refractivity contribution is 0.861. The number of H-pyrrole nitrogens is 1. The quantitative estimate of drug-likeness (QED) is 0.607. The van der Waals surface area contributed by atoms with Gasteiger partial charge in [0.15, 0.2) is 0 Å². The SMILES string of the molecule is CCCc1nc2c(-n3c(C)nc4c(C)cccc43)cccc2[nH]1. The predicted octanol–water partition coefficient (Wildman–Crippen LogP) is 4.47. The minimum atomic E-state index is 0.969. The summed E-state index contributed by atoms with van der Waals surface area (Å²) in [4.78, 5) is 13.0. The molecule has 4 aromatic rings. The van der Waals surface area contributed by atoms with Crippen molar-refractivity contribution >= 4 is 22.1 Å². The third-order valence-corrected chi connectivity index (χ3v) is 4.32. The molecule has 4 nitrogen and oxygen atoms in total. The summed E-state index contributed by atoms with van der Waals surface area (Å²) >= 11 is 0. The number of aromatic amines is 1. The summed E-state index contributed by atoms with van der Waals surface area (Å²) < 4.78 is 2.21. The number of hydrogen-bond donors (Lipinski definition) is 1. The van der Waals surface area contributed by atoms with Gasteiger partial charge in [0.1, 0.15) is 17.2 Å². The standard InChI is InChI=1S/C19H20N4/c1-4-7-17-21-14-9-6-11-16(19(14)22-17)23-13(3)20-18-12(2)8-5-10-15(18)23/h5-6,8-11H,4,7H2,1-3H3,(H,21,22). The molecule has 0 saturated heterocycles. The van der Waals surface area contributed by atoms with Crippen LogP contribution in [0.4, 0.5) is 0 Å². The van der Waals surface area contributed by atoms with Crippen LogP contribution in [-0.2, 0) is 6.42 Å². The number of aromatic nitrogens is 4. The molecule has 0 aliphatic heterocycles. The van der Waals surface area contributed by atoms with Crippen molar-refractivity contribution < 1.29 is 0 Å². The minimum absolute atomic E-state index is 0.969. The average molecular weight is 304 g/mol. The van der Waals surface area contributed by atoms with Crippen molar-refractivity contribution in [2.75, 3.05) is 0 Å². The maximum Gasteiger partial charge on any atom is 0.113 e. The van der Waals surface area contributed by atoms with E-state index in [1.807, 2.05) is 0 Å². The number of hydrogen-bond acceptors (Lipinski definition) is 2. The van der Waals surface area contributed by atoms with Gasteiger partial charge in [-0.2, -0.15) is 0 Å². The second kappa shape index (κ2) is 5.23. The Hall–Kier alpha value is -2.62. The highest BCUT2D eigenvalue weighted by atomic mass is 15.1. The van der Waals surface area contributed by atoms with Crippen LogP contribution in [0.5, 0.6) is 0 Å². The van der Waals surface area contributed by atoms with E-state index in [0.29, 0.717) is 0 Å². The van der Waals surface area contributed by atoms with Crippen LogP contribution in [0.1, 0.15) is 30.6 Å². The van der Waals surface area contributed by atoms with E-state index in [1.54, 1.807) is 0 Å². The fourth-order valence-electron chi connectivity index (χ4n) is 3.26. The topological polar surface area (TPSA) is 46.5 Å². The van der Waals surface area contributed by atoms with Gasteiger partial charge in [-0.1, -0.05) is 25.1 Å². The van der Waals surface area contributed by atoms with Crippen molar-refractivity contribution in [2.24, 2.45) is 0 Å². The molecule has 116 valence electrons. The molecule has 0 aliphatic carbocycles. The molecule has 0 amide bonds. The van der Waals surface area contributed by atoms with Gasteiger partial charge in [0.25, 0.3) is 0 Å². The number of fused-ring (bicyclic) bond motifs is 2. The zero-order valence-electron chi connectivity index (χ0n) is 13.7. The molecule has 2 aromatic carbocycles. The Bertz CT molecular complexity index is 1010. The van der Waals surface area contributed by atoms with Gasteiger partial charge in [-0.15, -0.1) is 0 Å². The Morgan fingerprint density at radius 2 is 1.83 bits per heavy atom. The van der Waals surface area contributed by atoms with E-state index in [0.717, 1.165) is 52.2 Å². The van der Waals surface area contributed by atoms with Crippen molar-refractivity contribution in [2.45, 2.75) is 33.6 Å². The number of benzene rings is 2. The first kappa shape index (κ1) is 14.0. The second-order valence-electron chi connectivity index (χ2n) is 6.04. The summed E-state index contributed by atoms with van der Waals surface area (Å²) in [6, 6.07) is 12.6. The maximum atomic E-state index is 4.82. The molecule has 0 bridgehead atoms. The number of para-hydroxylation sites is 2. The van der Waals surface area contributed by atoms with E-state index in [1.165, 1.54) is 5.56 Å². The van der Waals surface area contributed by atoms with Crippen LogP contribution in [0.2, 0.25) is 0 Å². The number of imidazole rings is 2. The molecular weight excluding hydrogens is 284 g/mol. The van der Waals surface area contributed by atoms with Gasteiger partial charge < -0.3 is 4.98 Å². The normalized spacial score (nSPS) is 11.6. The van der Waals surface area contributed by atoms with Gasteiger partial charge in [-0.05, 0) is 44.0 Å². The minimum Gasteiger partial charge on any atom is -0.342 e. The molecule has 0 atom stereocenters. The Balaban J connectivity index is 2.03. The smallest absolute Gasteiger partial charge is 0.113 e. The summed E-state index contributed by atoms with van der Waals surface area (Å²) in [7, 11) is 0. The number of rotatable bonds is 3. The van der Waals surface area contributed by atoms with E-state index in [2.05, 4.69) is 66.7 Å². The van der Waals surface area contributed by atoms with E-state index in [4.69, 9.17) is 9.97 Å². The maximum absolute atomic E-state index is 4.82. The lowest BCUT2D eigenvalue weighted by atomic mass is 10.2. The average Bonchev–Trinajstić information content (AvgIpc) is 3.08. The summed E-state index contributed by atoms with van der Waals surface area (Å²) in [6.07, 6.45) is 2.05. The Morgan fingerprint density at radius 1 is 1.00 bits per heavy atom. The van der Waals surface area contributed by atoms with Crippen LogP contribution >= 0.6 is 0 Å². The number of nitrogens with one attached hydrogen (secondary N) is 1. The van der Waals surface area contributed by atoms with Gasteiger partial charge in [0, 0.05) is 6.42 Å². The Kier molecular flexibility index (Phi) is 3.18. The van der Waals surface area contributed by atoms with Crippen molar-refractivity contribution in [3.8, 4) is 5.69 Å². The number of aryl methyl sites for hydroxylation is 3. The molecule has 23 heavy (non-hydrogen) atoms. The van der Waals surface area contributed by atoms with Gasteiger partial charge in [0.05, 0.1) is 22.2 Å². The van der Waals surface area contributed by atoms with Crippen molar-refractivity contribution in [3.05, 3.63) is 53.6 Å². The van der Waals surface area contributed by atoms with E-state index >= 15 is 0 Å². The molecule has 0 saturated carbocycles. The molecule has 0 aliphatic rings. The first-order valence-electron chi connectivity index (χ1n) is 8.11. The van der Waals surface area contributed by atoms with E-state index in [-0.39, 0.29) is 0 Å². The first-order valence-corrected chi connectivity index (χ1v) is 8.11. The van der Waals surface area contributed by atoms with Gasteiger partial charge in [-0.25, -0.2) is 9.97 Å². The summed E-state index contributed by atoms with van der Waals surface area (Å²) in [6.45, 7) is 6.33. The van der Waals surface area contributed by atoms with Crippen LogP contribution in [0.15, 0.2) is 36.4 Å². The lowest BCUT2D eigenvalue weighted by Gasteiger charge is -2.07. The summed E-state index contributed by atoms with van der Waals surface area (Å²) in [5.74, 6) is 2.04. The molecule has 0 radical (unpaired) electrons. The highest BCUT2D eigenvalue weighted by molar-refractivity contribution is 5.89. The van der Waals surface area contributed by atoms with Crippen LogP contribution < -0.4 is 0 Å². The van der Waals surface area contributed by atoms with E-state index in [9.17, 15) is 0 Å². The molecule has 0 spiro atoms. The van der Waals surface area contributed by atoms with Gasteiger partial charge >= 0.3 is 0 Å². The lowest BCUT2D eigenvalue weighted by Crippen LogP contribution is -1.98. The highest BCUT2D eigenvalue weighted by Gasteiger charge is 2.15. The molecular formula is C19H20N4. The van der Waals surface area contributed by atoms with Crippen LogP contribution in [0, 0.1) is 13.8 Å². The van der Waals surface area contributed by atoms with Crippen molar-refractivity contribution in [3.63, 3.8) is 0 Å². The zero-order chi connectivity index (χ0) is 16.0. The zero-order valence-corrected chi connectivity index (χ0v) is 13.7. The molecule has 4 rings (SSSR count). The monoisotopic (exact) mass is 304 g/mol. The summed E-state index contributed by atoms with van der Waals surface area (Å²) in [5, 5.41) is 0. The fourth-order valence-corrected chi connectivity index (χ4v) is 3.26. The number of nitrogens with zero attached hydrogens (tertiary/aromatic N) is 3. The van der Waals surface area contributed by atoms with Crippen LogP contribution in [-0.4, -0.2) is 19.5 Å². The molecule has 2 heterocycles. The fraction of sp³-hybridized carbons (Fsp3) is 0.263. The van der Waals surface area contributed by atoms with E-state index < -0.39 is 0 Å². The van der Waals surface area contributed by atoms with Crippen molar-refractivity contribution in [1.82, 2.24) is 19.5 Å². The molecule has 0 unspecified atom stereocenters. The van der Waals surface area contributed by atoms with Crippen LogP contribution in [0.3, 0.4) is 0 Å². The third-order valence-electron chi connectivity index (χ3n) is 4.32. The molecule has 4 heteroatoms. The van der Waals surface area contributed by atoms with Gasteiger partial charge in [-0.3, -0.25) is 4.57 Å². The van der Waals surface area contributed by atoms with Crippen LogP contribution in [0.25, 0.3) is 27.8 Å². The first-order chi connectivity index (χ1) is 11.2. The Labute approximate surface area is 135 Å². The highest BCUT2D eigenvalue weighted by Crippen LogP contribution is 2.27.